The van der Waals surface area contributed by atoms with E-state index in [2.05, 4.69) is 28.8 Å². The molecule has 174 valence electrons. The standard InChI is InChI=1S/C18H31N6O6P/c1-6-10(4)7-11-13(30-31(25,26)29-9(2)3)14(27-5)17(28-11)24-8-21-12-15(19)22-18(20)23-16(12)24/h8-11,13-14,17H,6-7H2,1-5H3,(H,25,26)(H4,19,20,22,23). The van der Waals surface area contributed by atoms with Gasteiger partial charge in [-0.05, 0) is 26.2 Å². The molecule has 1 aliphatic rings. The molecule has 31 heavy (non-hydrogen) atoms. The summed E-state index contributed by atoms with van der Waals surface area (Å²) < 4.78 is 36.8. The van der Waals surface area contributed by atoms with Crippen molar-refractivity contribution in [1.82, 2.24) is 19.5 Å². The van der Waals surface area contributed by atoms with E-state index in [1.807, 2.05) is 0 Å². The molecule has 13 heteroatoms. The molecule has 6 atom stereocenters. The molecule has 0 amide bonds. The number of ether oxygens (including phenoxy) is 2. The summed E-state index contributed by atoms with van der Waals surface area (Å²) in [4.78, 5) is 22.7. The largest absolute Gasteiger partial charge is 0.472 e. The van der Waals surface area contributed by atoms with Gasteiger partial charge in [0.05, 0.1) is 18.5 Å². The highest BCUT2D eigenvalue weighted by atomic mass is 31.2. The van der Waals surface area contributed by atoms with Gasteiger partial charge >= 0.3 is 7.82 Å². The lowest BCUT2D eigenvalue weighted by Gasteiger charge is -2.26. The molecular weight excluding hydrogens is 427 g/mol. The van der Waals surface area contributed by atoms with E-state index in [0.29, 0.717) is 17.6 Å². The van der Waals surface area contributed by atoms with Crippen molar-refractivity contribution < 1.29 is 28.0 Å². The molecule has 1 aliphatic heterocycles. The lowest BCUT2D eigenvalue weighted by molar-refractivity contribution is -0.0523. The molecule has 5 N–H and O–H groups in total. The fraction of sp³-hybridized carbons (Fsp3) is 0.722. The van der Waals surface area contributed by atoms with Crippen molar-refractivity contribution in [3.63, 3.8) is 0 Å². The molecular formula is C18H31N6O6P. The Hall–Kier alpha value is -1.82. The number of imidazole rings is 1. The average Bonchev–Trinajstić information content (AvgIpc) is 3.21. The normalized spacial score (nSPS) is 27.1. The molecule has 3 heterocycles. The van der Waals surface area contributed by atoms with Crippen LogP contribution in [0.4, 0.5) is 11.8 Å². The Morgan fingerprint density at radius 1 is 1.29 bits per heavy atom. The third kappa shape index (κ3) is 5.16. The molecule has 0 saturated carbocycles. The smallest absolute Gasteiger partial charge is 0.382 e. The first-order chi connectivity index (χ1) is 14.6. The van der Waals surface area contributed by atoms with Gasteiger partial charge < -0.3 is 25.8 Å². The average molecular weight is 458 g/mol. The lowest BCUT2D eigenvalue weighted by Crippen LogP contribution is -2.36. The van der Waals surface area contributed by atoms with Crippen LogP contribution >= 0.6 is 7.82 Å². The minimum absolute atomic E-state index is 0.00661. The number of nitrogen functional groups attached to an aromatic ring is 2. The first kappa shape index (κ1) is 23.8. The number of nitrogens with two attached hydrogens (primary N) is 2. The maximum atomic E-state index is 12.6. The molecule has 1 saturated heterocycles. The Morgan fingerprint density at radius 2 is 2.00 bits per heavy atom. The minimum atomic E-state index is -4.36. The summed E-state index contributed by atoms with van der Waals surface area (Å²) in [5.41, 5.74) is 12.4. The highest BCUT2D eigenvalue weighted by Crippen LogP contribution is 2.50. The molecule has 12 nitrogen and oxygen atoms in total. The highest BCUT2D eigenvalue weighted by Gasteiger charge is 2.50. The number of phosphoric acid groups is 1. The molecule has 0 bridgehead atoms. The van der Waals surface area contributed by atoms with Crippen molar-refractivity contribution in [1.29, 1.82) is 0 Å². The molecule has 0 radical (unpaired) electrons. The Bertz CT molecular complexity index is 955. The third-order valence-electron chi connectivity index (χ3n) is 5.23. The summed E-state index contributed by atoms with van der Waals surface area (Å²) in [6, 6.07) is 0. The number of nitrogens with zero attached hydrogens (tertiary/aromatic N) is 4. The van der Waals surface area contributed by atoms with Gasteiger partial charge in [0.25, 0.3) is 0 Å². The van der Waals surface area contributed by atoms with E-state index in [0.717, 1.165) is 6.42 Å². The first-order valence-corrected chi connectivity index (χ1v) is 11.7. The molecule has 2 aromatic heterocycles. The van der Waals surface area contributed by atoms with Crippen LogP contribution in [0.2, 0.25) is 0 Å². The second kappa shape index (κ2) is 9.35. The van der Waals surface area contributed by atoms with Gasteiger partial charge in [0.2, 0.25) is 5.95 Å². The number of anilines is 2. The summed E-state index contributed by atoms with van der Waals surface area (Å²) in [6.45, 7) is 7.43. The molecule has 2 aromatic rings. The van der Waals surface area contributed by atoms with Crippen molar-refractivity contribution >= 4 is 30.8 Å². The third-order valence-corrected chi connectivity index (χ3v) is 6.43. The van der Waals surface area contributed by atoms with Crippen LogP contribution in [0.25, 0.3) is 11.2 Å². The van der Waals surface area contributed by atoms with E-state index in [4.69, 9.17) is 30.0 Å². The molecule has 0 aromatic carbocycles. The quantitative estimate of drug-likeness (QED) is 0.471. The topological polar surface area (TPSA) is 170 Å². The Balaban J connectivity index is 1.99. The molecule has 6 unspecified atom stereocenters. The van der Waals surface area contributed by atoms with Gasteiger partial charge in [-0.1, -0.05) is 20.3 Å². The summed E-state index contributed by atoms with van der Waals surface area (Å²) in [6.07, 6.45) is -0.404. The zero-order valence-electron chi connectivity index (χ0n) is 18.3. The number of aromatic nitrogens is 4. The van der Waals surface area contributed by atoms with E-state index in [9.17, 15) is 9.46 Å². The number of phosphoric ester groups is 1. The molecule has 1 fully saturated rings. The zero-order valence-corrected chi connectivity index (χ0v) is 19.2. The van der Waals surface area contributed by atoms with E-state index in [-0.39, 0.29) is 17.7 Å². The lowest BCUT2D eigenvalue weighted by atomic mass is 9.97. The number of rotatable bonds is 9. The summed E-state index contributed by atoms with van der Waals surface area (Å²) in [5, 5.41) is 0. The van der Waals surface area contributed by atoms with Gasteiger partial charge in [-0.15, -0.1) is 0 Å². The van der Waals surface area contributed by atoms with Crippen molar-refractivity contribution in [3.05, 3.63) is 6.33 Å². The monoisotopic (exact) mass is 458 g/mol. The van der Waals surface area contributed by atoms with E-state index < -0.39 is 38.5 Å². The van der Waals surface area contributed by atoms with Crippen molar-refractivity contribution in [3.8, 4) is 0 Å². The van der Waals surface area contributed by atoms with Gasteiger partial charge in [-0.3, -0.25) is 13.6 Å². The van der Waals surface area contributed by atoms with E-state index >= 15 is 0 Å². The van der Waals surface area contributed by atoms with Crippen LogP contribution in [-0.4, -0.2) is 55.9 Å². The van der Waals surface area contributed by atoms with Crippen LogP contribution in [0.5, 0.6) is 0 Å². The first-order valence-electron chi connectivity index (χ1n) is 10.2. The van der Waals surface area contributed by atoms with Gasteiger partial charge in [0.1, 0.15) is 17.7 Å². The summed E-state index contributed by atoms with van der Waals surface area (Å²) in [7, 11) is -2.88. The van der Waals surface area contributed by atoms with Crippen LogP contribution in [0.15, 0.2) is 6.33 Å². The van der Waals surface area contributed by atoms with Crippen molar-refractivity contribution in [2.24, 2.45) is 5.92 Å². The summed E-state index contributed by atoms with van der Waals surface area (Å²) >= 11 is 0. The molecule has 0 spiro atoms. The van der Waals surface area contributed by atoms with Gasteiger partial charge in [-0.2, -0.15) is 9.97 Å². The second-order valence-electron chi connectivity index (χ2n) is 8.00. The van der Waals surface area contributed by atoms with Crippen LogP contribution in [-0.2, 0) is 23.1 Å². The van der Waals surface area contributed by atoms with Gasteiger partial charge in [-0.25, -0.2) is 9.55 Å². The van der Waals surface area contributed by atoms with Crippen LogP contribution in [0.3, 0.4) is 0 Å². The van der Waals surface area contributed by atoms with E-state index in [1.54, 1.807) is 18.4 Å². The fourth-order valence-electron chi connectivity index (χ4n) is 3.65. The predicted octanol–water partition coefficient (Wildman–Crippen LogP) is 2.25. The SMILES string of the molecule is CCC(C)CC1OC(n2cnc3c(N)nc(N)nc32)C(OC)C1OP(=O)(O)OC(C)C. The van der Waals surface area contributed by atoms with Gasteiger partial charge in [0, 0.05) is 7.11 Å². The second-order valence-corrected chi connectivity index (χ2v) is 9.36. The number of hydrogen-bond acceptors (Lipinski definition) is 10. The number of hydrogen-bond donors (Lipinski definition) is 3. The van der Waals surface area contributed by atoms with Gasteiger partial charge in [0.15, 0.2) is 17.7 Å². The fourth-order valence-corrected chi connectivity index (χ4v) is 4.80. The zero-order chi connectivity index (χ0) is 22.9. The minimum Gasteiger partial charge on any atom is -0.382 e. The van der Waals surface area contributed by atoms with Crippen molar-refractivity contribution in [2.45, 2.75) is 71.2 Å². The Labute approximate surface area is 180 Å². The maximum absolute atomic E-state index is 12.6. The maximum Gasteiger partial charge on any atom is 0.472 e. The van der Waals surface area contributed by atoms with Crippen LogP contribution < -0.4 is 11.5 Å². The molecule has 3 rings (SSSR count). The van der Waals surface area contributed by atoms with Crippen molar-refractivity contribution in [2.75, 3.05) is 18.6 Å². The Morgan fingerprint density at radius 3 is 2.61 bits per heavy atom. The number of methoxy groups -OCH3 is 1. The Kier molecular flexibility index (Phi) is 7.19. The van der Waals surface area contributed by atoms with Crippen LogP contribution in [0.1, 0.15) is 46.8 Å². The summed E-state index contributed by atoms with van der Waals surface area (Å²) in [5.74, 6) is 0.417. The predicted molar refractivity (Wildman–Crippen MR) is 114 cm³/mol. The molecule has 0 aliphatic carbocycles. The highest BCUT2D eigenvalue weighted by molar-refractivity contribution is 7.47. The number of fused-ring (bicyclic) bond motifs is 1. The van der Waals surface area contributed by atoms with Crippen LogP contribution in [0, 0.1) is 5.92 Å². The van der Waals surface area contributed by atoms with E-state index in [1.165, 1.54) is 13.4 Å².